The van der Waals surface area contributed by atoms with Crippen molar-refractivity contribution in [2.75, 3.05) is 13.7 Å². The maximum Gasteiger partial charge on any atom is 0.268 e. The van der Waals surface area contributed by atoms with Crippen molar-refractivity contribution in [2.45, 2.75) is 56.8 Å². The largest absolute Gasteiger partial charge is 0.496 e. The highest BCUT2D eigenvalue weighted by Gasteiger charge is 2.40. The summed E-state index contributed by atoms with van der Waals surface area (Å²) in [4.78, 5) is 29.4. The summed E-state index contributed by atoms with van der Waals surface area (Å²) in [7, 11) is 1.58. The minimum Gasteiger partial charge on any atom is -0.496 e. The van der Waals surface area contributed by atoms with Crippen LogP contribution in [0.5, 0.6) is 17.2 Å². The van der Waals surface area contributed by atoms with E-state index < -0.39 is 12.1 Å². The molecule has 2 atom stereocenters. The van der Waals surface area contributed by atoms with E-state index in [1.807, 2.05) is 36.4 Å². The summed E-state index contributed by atoms with van der Waals surface area (Å²) < 4.78 is 23.2. The van der Waals surface area contributed by atoms with Crippen LogP contribution in [0.25, 0.3) is 0 Å². The average Bonchev–Trinajstić information content (AvgIpc) is 3.47. The molecule has 1 aliphatic heterocycles. The number of benzene rings is 2. The quantitative estimate of drug-likeness (QED) is 0.480. The van der Waals surface area contributed by atoms with Gasteiger partial charge in [0.1, 0.15) is 18.1 Å². The minimum atomic E-state index is -0.991. The summed E-state index contributed by atoms with van der Waals surface area (Å²) in [5, 5.41) is 3.18. The molecule has 1 fully saturated rings. The zero-order valence-corrected chi connectivity index (χ0v) is 20.9. The third-order valence-corrected chi connectivity index (χ3v) is 6.92. The Hall–Kier alpha value is -3.94. The molecule has 37 heavy (non-hydrogen) atoms. The van der Waals surface area contributed by atoms with E-state index in [9.17, 15) is 9.59 Å². The van der Waals surface area contributed by atoms with Gasteiger partial charge in [-0.1, -0.05) is 49.6 Å². The molecule has 0 unspecified atom stereocenters. The Bertz CT molecular complexity index is 1200. The fourth-order valence-electron chi connectivity index (χ4n) is 5.04. The third kappa shape index (κ3) is 5.58. The number of ether oxygens (including phenoxy) is 3. The van der Waals surface area contributed by atoms with E-state index in [4.69, 9.17) is 18.6 Å². The average molecular weight is 505 g/mol. The molecule has 2 heterocycles. The van der Waals surface area contributed by atoms with Crippen LogP contribution in [0.2, 0.25) is 0 Å². The Balaban J connectivity index is 1.49. The van der Waals surface area contributed by atoms with Crippen LogP contribution >= 0.6 is 0 Å². The molecular weight excluding hydrogens is 472 g/mol. The van der Waals surface area contributed by atoms with E-state index in [1.54, 1.807) is 31.4 Å². The molecule has 1 saturated carbocycles. The first-order valence-electron chi connectivity index (χ1n) is 12.8. The molecule has 194 valence electrons. The molecule has 0 bridgehead atoms. The molecule has 1 aromatic heterocycles. The summed E-state index contributed by atoms with van der Waals surface area (Å²) in [5.41, 5.74) is 0.762. The van der Waals surface area contributed by atoms with Gasteiger partial charge in [-0.25, -0.2) is 0 Å². The maximum atomic E-state index is 14.1. The maximum absolute atomic E-state index is 14.1. The number of rotatable bonds is 8. The first-order chi connectivity index (χ1) is 18.1. The molecule has 2 amide bonds. The topological polar surface area (TPSA) is 90.2 Å². The number of hydrogen-bond donors (Lipinski definition) is 1. The standard InChI is InChI=1S/C29H32N2O6/c1-34-22-13-6-5-10-20(22)18-31(29(33)26-19-36-23-14-7-8-15-24(23)37-26)27(25-16-9-17-35-25)28(32)30-21-11-3-2-4-12-21/h5-10,13-17,21,26-27H,2-4,11-12,18-19H2,1H3,(H,30,32)/t26-,27+/m1/s1. The van der Waals surface area contributed by atoms with E-state index in [0.29, 0.717) is 23.0 Å². The molecule has 0 saturated heterocycles. The van der Waals surface area contributed by atoms with Gasteiger partial charge in [-0.3, -0.25) is 9.59 Å². The summed E-state index contributed by atoms with van der Waals surface area (Å²) in [6.45, 7) is 0.154. The number of carbonyl (C=O) groups is 2. The Labute approximate surface area is 216 Å². The monoisotopic (exact) mass is 504 g/mol. The van der Waals surface area contributed by atoms with Gasteiger partial charge < -0.3 is 28.8 Å². The van der Waals surface area contributed by atoms with Gasteiger partial charge in [-0.2, -0.15) is 0 Å². The lowest BCUT2D eigenvalue weighted by atomic mass is 9.95. The fourth-order valence-corrected chi connectivity index (χ4v) is 5.04. The lowest BCUT2D eigenvalue weighted by Crippen LogP contribution is -2.52. The van der Waals surface area contributed by atoms with E-state index in [2.05, 4.69) is 5.32 Å². The van der Waals surface area contributed by atoms with Gasteiger partial charge in [0.15, 0.2) is 17.5 Å². The van der Waals surface area contributed by atoms with Gasteiger partial charge in [-0.05, 0) is 43.2 Å². The zero-order chi connectivity index (χ0) is 25.6. The highest BCUT2D eigenvalue weighted by atomic mass is 16.6. The number of para-hydroxylation sites is 3. The van der Waals surface area contributed by atoms with Crippen LogP contribution in [0.3, 0.4) is 0 Å². The molecule has 1 aliphatic carbocycles. The minimum absolute atomic E-state index is 0.0351. The molecule has 2 aromatic carbocycles. The van der Waals surface area contributed by atoms with Gasteiger partial charge in [0.05, 0.1) is 19.9 Å². The Morgan fingerprint density at radius 2 is 1.76 bits per heavy atom. The molecule has 3 aromatic rings. The Morgan fingerprint density at radius 1 is 1.00 bits per heavy atom. The van der Waals surface area contributed by atoms with E-state index in [-0.39, 0.29) is 31.0 Å². The molecule has 0 radical (unpaired) electrons. The summed E-state index contributed by atoms with van der Waals surface area (Å²) in [5.74, 6) is 1.43. The number of methoxy groups -OCH3 is 1. The highest BCUT2D eigenvalue weighted by Crippen LogP contribution is 2.34. The predicted octanol–water partition coefficient (Wildman–Crippen LogP) is 4.65. The molecule has 8 heteroatoms. The molecule has 1 N–H and O–H groups in total. The van der Waals surface area contributed by atoms with Crippen molar-refractivity contribution >= 4 is 11.8 Å². The van der Waals surface area contributed by atoms with E-state index in [0.717, 1.165) is 31.2 Å². The first-order valence-corrected chi connectivity index (χ1v) is 12.8. The van der Waals surface area contributed by atoms with Crippen molar-refractivity contribution in [3.05, 3.63) is 78.3 Å². The van der Waals surface area contributed by atoms with Gasteiger partial charge >= 0.3 is 0 Å². The number of nitrogens with one attached hydrogen (secondary N) is 1. The number of nitrogens with zero attached hydrogens (tertiary/aromatic N) is 1. The molecule has 5 rings (SSSR count). The summed E-state index contributed by atoms with van der Waals surface area (Å²) in [6.07, 6.45) is 5.76. The predicted molar refractivity (Wildman–Crippen MR) is 136 cm³/mol. The molecule has 8 nitrogen and oxygen atoms in total. The Morgan fingerprint density at radius 3 is 2.51 bits per heavy atom. The van der Waals surface area contributed by atoms with Crippen LogP contribution in [0.4, 0.5) is 0 Å². The summed E-state index contributed by atoms with van der Waals surface area (Å²) >= 11 is 0. The van der Waals surface area contributed by atoms with Gasteiger partial charge in [0.2, 0.25) is 6.10 Å². The Kier molecular flexibility index (Phi) is 7.63. The van der Waals surface area contributed by atoms with Crippen LogP contribution in [-0.4, -0.2) is 42.6 Å². The first kappa shape index (κ1) is 24.7. The molecule has 2 aliphatic rings. The highest BCUT2D eigenvalue weighted by molar-refractivity contribution is 5.90. The normalized spacial score (nSPS) is 18.0. The smallest absolute Gasteiger partial charge is 0.268 e. The van der Waals surface area contributed by atoms with Crippen LogP contribution in [0.1, 0.15) is 49.5 Å². The van der Waals surface area contributed by atoms with Gasteiger partial charge in [-0.15, -0.1) is 0 Å². The van der Waals surface area contributed by atoms with Crippen molar-refractivity contribution < 1.29 is 28.2 Å². The van der Waals surface area contributed by atoms with Crippen molar-refractivity contribution in [2.24, 2.45) is 0 Å². The second-order valence-corrected chi connectivity index (χ2v) is 9.40. The summed E-state index contributed by atoms with van der Waals surface area (Å²) in [6, 6.07) is 17.2. The number of fused-ring (bicyclic) bond motifs is 1. The van der Waals surface area contributed by atoms with Crippen LogP contribution in [0, 0.1) is 0 Å². The second-order valence-electron chi connectivity index (χ2n) is 9.40. The number of carbonyl (C=O) groups excluding carboxylic acids is 2. The third-order valence-electron chi connectivity index (χ3n) is 6.92. The van der Waals surface area contributed by atoms with Gasteiger partial charge in [0.25, 0.3) is 11.8 Å². The number of hydrogen-bond acceptors (Lipinski definition) is 6. The van der Waals surface area contributed by atoms with Crippen molar-refractivity contribution in [1.82, 2.24) is 10.2 Å². The van der Waals surface area contributed by atoms with Crippen molar-refractivity contribution in [1.29, 1.82) is 0 Å². The molecule has 0 spiro atoms. The second kappa shape index (κ2) is 11.4. The number of amides is 2. The number of furan rings is 1. The lowest BCUT2D eigenvalue weighted by molar-refractivity contribution is -0.150. The van der Waals surface area contributed by atoms with Crippen molar-refractivity contribution in [3.63, 3.8) is 0 Å². The van der Waals surface area contributed by atoms with Gasteiger partial charge in [0, 0.05) is 11.6 Å². The van der Waals surface area contributed by atoms with Crippen LogP contribution in [-0.2, 0) is 16.1 Å². The van der Waals surface area contributed by atoms with E-state index in [1.165, 1.54) is 17.6 Å². The lowest BCUT2D eigenvalue weighted by Gasteiger charge is -2.35. The SMILES string of the molecule is COc1ccccc1CN(C(=O)[C@H]1COc2ccccc2O1)[C@H](C(=O)NC1CCCCC1)c1ccco1. The molecular formula is C29H32N2O6. The zero-order valence-electron chi connectivity index (χ0n) is 20.9. The van der Waals surface area contributed by atoms with E-state index >= 15 is 0 Å². The van der Waals surface area contributed by atoms with Crippen LogP contribution < -0.4 is 19.5 Å². The fraction of sp³-hybridized carbons (Fsp3) is 0.379. The van der Waals surface area contributed by atoms with Crippen LogP contribution in [0.15, 0.2) is 71.3 Å². The van der Waals surface area contributed by atoms with Crippen molar-refractivity contribution in [3.8, 4) is 17.2 Å².